The Morgan fingerprint density at radius 3 is 2.45 bits per heavy atom. The van der Waals surface area contributed by atoms with Gasteiger partial charge in [-0.05, 0) is 43.9 Å². The number of aliphatic carboxylic acids is 1. The van der Waals surface area contributed by atoms with E-state index in [0.29, 0.717) is 5.92 Å². The zero-order valence-electron chi connectivity index (χ0n) is 11.8. The molecule has 3 fully saturated rings. The van der Waals surface area contributed by atoms with Crippen molar-refractivity contribution in [3.8, 4) is 0 Å². The summed E-state index contributed by atoms with van der Waals surface area (Å²) in [6.45, 7) is 0. The number of hydrogen-bond acceptors (Lipinski definition) is 3. The molecule has 0 aromatic carbocycles. The van der Waals surface area contributed by atoms with Crippen molar-refractivity contribution in [2.75, 3.05) is 0 Å². The Hall–Kier alpha value is -1.10. The number of rotatable bonds is 3. The molecule has 4 N–H and O–H groups in total. The van der Waals surface area contributed by atoms with E-state index < -0.39 is 11.9 Å². The van der Waals surface area contributed by atoms with Crippen LogP contribution in [0.4, 0.5) is 0 Å². The van der Waals surface area contributed by atoms with Gasteiger partial charge in [0.25, 0.3) is 0 Å². The molecule has 3 saturated carbocycles. The van der Waals surface area contributed by atoms with Gasteiger partial charge in [0, 0.05) is 12.1 Å². The molecule has 6 atom stereocenters. The maximum absolute atomic E-state index is 12.4. The normalized spacial score (nSPS) is 43.5. The van der Waals surface area contributed by atoms with Crippen LogP contribution in [0.15, 0.2) is 0 Å². The van der Waals surface area contributed by atoms with Gasteiger partial charge in [-0.25, -0.2) is 0 Å². The van der Waals surface area contributed by atoms with Crippen molar-refractivity contribution in [3.63, 3.8) is 0 Å². The number of carbonyl (C=O) groups excluding carboxylic acids is 1. The molecule has 3 rings (SSSR count). The summed E-state index contributed by atoms with van der Waals surface area (Å²) in [5.41, 5.74) is 6.05. The van der Waals surface area contributed by atoms with Crippen LogP contribution in [-0.4, -0.2) is 29.1 Å². The van der Waals surface area contributed by atoms with Crippen LogP contribution in [0, 0.1) is 23.7 Å². The van der Waals surface area contributed by atoms with E-state index in [0.717, 1.165) is 44.9 Å². The standard InChI is InChI=1S/C15H24N2O3/c16-11-4-2-1-3-10(11)14(18)17-13-9-6-5-8(7-9)12(13)15(19)20/h8-13H,1-7,16H2,(H,17,18)(H,19,20). The van der Waals surface area contributed by atoms with E-state index in [9.17, 15) is 14.7 Å². The van der Waals surface area contributed by atoms with Gasteiger partial charge in [-0.2, -0.15) is 0 Å². The lowest BCUT2D eigenvalue weighted by Crippen LogP contribution is -2.52. The summed E-state index contributed by atoms with van der Waals surface area (Å²) >= 11 is 0. The predicted molar refractivity (Wildman–Crippen MR) is 73.8 cm³/mol. The predicted octanol–water partition coefficient (Wildman–Crippen LogP) is 1.12. The summed E-state index contributed by atoms with van der Waals surface area (Å²) in [6, 6.07) is -0.238. The van der Waals surface area contributed by atoms with Gasteiger partial charge in [-0.3, -0.25) is 9.59 Å². The minimum Gasteiger partial charge on any atom is -0.481 e. The van der Waals surface area contributed by atoms with Gasteiger partial charge in [0.05, 0.1) is 11.8 Å². The molecule has 5 nitrogen and oxygen atoms in total. The Morgan fingerprint density at radius 2 is 1.75 bits per heavy atom. The summed E-state index contributed by atoms with van der Waals surface area (Å²) in [5, 5.41) is 12.4. The molecule has 0 saturated heterocycles. The van der Waals surface area contributed by atoms with Crippen molar-refractivity contribution in [3.05, 3.63) is 0 Å². The number of nitrogens with one attached hydrogen (secondary N) is 1. The van der Waals surface area contributed by atoms with Gasteiger partial charge in [-0.15, -0.1) is 0 Å². The molecule has 0 spiro atoms. The number of amides is 1. The highest BCUT2D eigenvalue weighted by atomic mass is 16.4. The van der Waals surface area contributed by atoms with E-state index in [2.05, 4.69) is 5.32 Å². The second-order valence-electron chi connectivity index (χ2n) is 6.79. The van der Waals surface area contributed by atoms with Crippen molar-refractivity contribution >= 4 is 11.9 Å². The molecule has 5 heteroatoms. The molecule has 2 bridgehead atoms. The molecule has 0 heterocycles. The van der Waals surface area contributed by atoms with E-state index in [4.69, 9.17) is 5.73 Å². The van der Waals surface area contributed by atoms with Gasteiger partial charge in [0.1, 0.15) is 0 Å². The van der Waals surface area contributed by atoms with E-state index in [1.165, 1.54) is 0 Å². The summed E-state index contributed by atoms with van der Waals surface area (Å²) < 4.78 is 0. The van der Waals surface area contributed by atoms with Crippen molar-refractivity contribution in [1.82, 2.24) is 5.32 Å². The van der Waals surface area contributed by atoms with Gasteiger partial charge >= 0.3 is 5.97 Å². The third kappa shape index (κ3) is 2.32. The summed E-state index contributed by atoms with van der Waals surface area (Å²) in [7, 11) is 0. The van der Waals surface area contributed by atoms with Crippen molar-refractivity contribution in [2.24, 2.45) is 29.4 Å². The first-order valence-electron chi connectivity index (χ1n) is 7.86. The quantitative estimate of drug-likeness (QED) is 0.722. The molecular weight excluding hydrogens is 256 g/mol. The van der Waals surface area contributed by atoms with Gasteiger partial charge in [-0.1, -0.05) is 12.8 Å². The van der Waals surface area contributed by atoms with Gasteiger partial charge in [0.15, 0.2) is 0 Å². The zero-order chi connectivity index (χ0) is 14.3. The first kappa shape index (κ1) is 13.9. The molecule has 112 valence electrons. The molecule has 0 aromatic heterocycles. The van der Waals surface area contributed by atoms with Crippen LogP contribution >= 0.6 is 0 Å². The molecule has 0 aromatic rings. The number of carboxylic acid groups (broad SMARTS) is 1. The lowest BCUT2D eigenvalue weighted by molar-refractivity contribution is -0.145. The van der Waals surface area contributed by atoms with Crippen LogP contribution < -0.4 is 11.1 Å². The monoisotopic (exact) mass is 280 g/mol. The Kier molecular flexibility index (Phi) is 3.71. The van der Waals surface area contributed by atoms with Crippen molar-refractivity contribution < 1.29 is 14.7 Å². The largest absolute Gasteiger partial charge is 0.481 e. The topological polar surface area (TPSA) is 92.4 Å². The van der Waals surface area contributed by atoms with Crippen LogP contribution in [-0.2, 0) is 9.59 Å². The maximum Gasteiger partial charge on any atom is 0.308 e. The van der Waals surface area contributed by atoms with Crippen molar-refractivity contribution in [1.29, 1.82) is 0 Å². The van der Waals surface area contributed by atoms with E-state index in [1.807, 2.05) is 0 Å². The zero-order valence-corrected chi connectivity index (χ0v) is 11.8. The SMILES string of the molecule is NC1CCCCC1C(=O)NC1C2CCC(C2)C1C(=O)O. The molecule has 0 aliphatic heterocycles. The van der Waals surface area contributed by atoms with Crippen LogP contribution in [0.5, 0.6) is 0 Å². The maximum atomic E-state index is 12.4. The third-order valence-corrected chi connectivity index (χ3v) is 5.67. The van der Waals surface area contributed by atoms with Gasteiger partial charge < -0.3 is 16.2 Å². The van der Waals surface area contributed by atoms with E-state index in [1.54, 1.807) is 0 Å². The molecular formula is C15H24N2O3. The Bertz CT molecular complexity index is 412. The first-order valence-corrected chi connectivity index (χ1v) is 7.86. The van der Waals surface area contributed by atoms with E-state index in [-0.39, 0.29) is 29.8 Å². The second kappa shape index (κ2) is 5.35. The van der Waals surface area contributed by atoms with Crippen LogP contribution in [0.1, 0.15) is 44.9 Å². The average Bonchev–Trinajstić information content (AvgIpc) is 2.99. The molecule has 0 radical (unpaired) electrons. The molecule has 3 aliphatic carbocycles. The minimum atomic E-state index is -0.754. The average molecular weight is 280 g/mol. The fourth-order valence-electron chi connectivity index (χ4n) is 4.61. The molecule has 3 aliphatic rings. The lowest BCUT2D eigenvalue weighted by Gasteiger charge is -2.33. The highest BCUT2D eigenvalue weighted by molar-refractivity contribution is 5.81. The fraction of sp³-hybridized carbons (Fsp3) is 0.867. The van der Waals surface area contributed by atoms with Crippen molar-refractivity contribution in [2.45, 2.75) is 57.0 Å². The molecule has 1 amide bonds. The number of fused-ring (bicyclic) bond motifs is 2. The van der Waals surface area contributed by atoms with Gasteiger partial charge in [0.2, 0.25) is 5.91 Å². The van der Waals surface area contributed by atoms with Crippen LogP contribution in [0.2, 0.25) is 0 Å². The van der Waals surface area contributed by atoms with Crippen LogP contribution in [0.3, 0.4) is 0 Å². The smallest absolute Gasteiger partial charge is 0.308 e. The second-order valence-corrected chi connectivity index (χ2v) is 6.79. The number of hydrogen-bond donors (Lipinski definition) is 3. The Morgan fingerprint density at radius 1 is 1.05 bits per heavy atom. The Balaban J connectivity index is 1.67. The lowest BCUT2D eigenvalue weighted by atomic mass is 9.82. The third-order valence-electron chi connectivity index (χ3n) is 5.67. The summed E-state index contributed by atoms with van der Waals surface area (Å²) in [6.07, 6.45) is 6.89. The molecule has 6 unspecified atom stereocenters. The minimum absolute atomic E-state index is 0.0130. The number of carbonyl (C=O) groups is 2. The Labute approximate surface area is 119 Å². The number of nitrogens with two attached hydrogens (primary N) is 1. The van der Waals surface area contributed by atoms with Crippen LogP contribution in [0.25, 0.3) is 0 Å². The highest BCUT2D eigenvalue weighted by Crippen LogP contribution is 2.48. The van der Waals surface area contributed by atoms with E-state index >= 15 is 0 Å². The molecule has 20 heavy (non-hydrogen) atoms. The fourth-order valence-corrected chi connectivity index (χ4v) is 4.61. The summed E-state index contributed by atoms with van der Waals surface area (Å²) in [5.74, 6) is -0.682. The first-order chi connectivity index (χ1) is 9.58. The highest BCUT2D eigenvalue weighted by Gasteiger charge is 2.52. The number of carboxylic acids is 1. The summed E-state index contributed by atoms with van der Waals surface area (Å²) in [4.78, 5) is 23.9.